The molecule has 5 aliphatic carbocycles. The molecule has 49 heavy (non-hydrogen) atoms. The second kappa shape index (κ2) is 12.3. The minimum Gasteiger partial charge on any atom is -0.513 e. The number of piperidine rings is 1. The molecule has 0 bridgehead atoms. The Morgan fingerprint density at radius 2 is 1.55 bits per heavy atom. The number of carbonyl (C=O) groups excluding carboxylic acids is 1. The van der Waals surface area contributed by atoms with Crippen molar-refractivity contribution in [2.75, 3.05) is 26.2 Å². The number of aliphatic hydroxyl groups is 2. The average molecular weight is 669 g/mol. The minimum absolute atomic E-state index is 0.0867. The number of likely N-dealkylation sites (tertiary alicyclic amines) is 1. The van der Waals surface area contributed by atoms with Crippen LogP contribution in [0.3, 0.4) is 0 Å². The molecule has 1 heterocycles. The van der Waals surface area contributed by atoms with Crippen molar-refractivity contribution < 1.29 is 15.0 Å². The van der Waals surface area contributed by atoms with E-state index >= 15 is 0 Å². The monoisotopic (exact) mass is 668 g/mol. The number of hydrogen-bond donors (Lipinski definition) is 3. The van der Waals surface area contributed by atoms with Gasteiger partial charge in [0.05, 0.1) is 12.3 Å². The van der Waals surface area contributed by atoms with Crippen LogP contribution in [0.15, 0.2) is 49.3 Å². The maximum Gasteiger partial charge on any atom is 0.236 e. The molecule has 8 atom stereocenters. The van der Waals surface area contributed by atoms with Crippen LogP contribution in [0, 0.1) is 56.7 Å². The first-order chi connectivity index (χ1) is 23.2. The van der Waals surface area contributed by atoms with Crippen LogP contribution in [-0.4, -0.2) is 47.2 Å². The Morgan fingerprint density at radius 3 is 2.22 bits per heavy atom. The zero-order chi connectivity index (χ0) is 35.0. The van der Waals surface area contributed by atoms with Crippen LogP contribution < -0.4 is 5.32 Å². The quantitative estimate of drug-likeness (QED) is 0.253. The molecule has 5 fully saturated rings. The number of rotatable bonds is 7. The van der Waals surface area contributed by atoms with Crippen LogP contribution >= 0.6 is 0 Å². The van der Waals surface area contributed by atoms with Crippen LogP contribution in [0.5, 0.6) is 0 Å². The highest BCUT2D eigenvalue weighted by molar-refractivity contribution is 5.78. The van der Waals surface area contributed by atoms with Gasteiger partial charge in [0.15, 0.2) is 0 Å². The highest BCUT2D eigenvalue weighted by Gasteiger charge is 2.69. The van der Waals surface area contributed by atoms with Gasteiger partial charge in [-0.05, 0) is 133 Å². The fraction of sp³-hybridized carbons (Fsp3) is 0.705. The Morgan fingerprint density at radius 1 is 0.837 bits per heavy atom. The van der Waals surface area contributed by atoms with E-state index in [4.69, 9.17) is 0 Å². The zero-order valence-electron chi connectivity index (χ0n) is 31.3. The first-order valence-electron chi connectivity index (χ1n) is 19.7. The van der Waals surface area contributed by atoms with E-state index in [0.29, 0.717) is 34.1 Å². The number of amides is 1. The van der Waals surface area contributed by atoms with Gasteiger partial charge < -0.3 is 20.4 Å². The van der Waals surface area contributed by atoms with Crippen LogP contribution in [0.1, 0.15) is 123 Å². The molecule has 1 aliphatic heterocycles. The van der Waals surface area contributed by atoms with E-state index in [9.17, 15) is 15.0 Å². The molecule has 6 aliphatic rings. The third-order valence-electron chi connectivity index (χ3n) is 16.7. The van der Waals surface area contributed by atoms with E-state index in [1.54, 1.807) is 0 Å². The highest BCUT2D eigenvalue weighted by atomic mass is 16.3. The van der Waals surface area contributed by atoms with Crippen molar-refractivity contribution in [1.82, 2.24) is 10.2 Å². The van der Waals surface area contributed by atoms with E-state index in [2.05, 4.69) is 71.3 Å². The van der Waals surface area contributed by atoms with Gasteiger partial charge in [-0.3, -0.25) is 4.79 Å². The van der Waals surface area contributed by atoms with Gasteiger partial charge in [-0.25, -0.2) is 0 Å². The summed E-state index contributed by atoms with van der Waals surface area (Å²) in [7, 11) is 0. The van der Waals surface area contributed by atoms with Gasteiger partial charge in [0.2, 0.25) is 5.91 Å². The number of allylic oxidation sites excluding steroid dienone is 3. The second-order valence-electron chi connectivity index (χ2n) is 18.8. The maximum absolute atomic E-state index is 13.2. The largest absolute Gasteiger partial charge is 0.513 e. The number of nitrogens with zero attached hydrogens (tertiary/aromatic N) is 1. The van der Waals surface area contributed by atoms with Crippen molar-refractivity contribution >= 4 is 17.2 Å². The third-order valence-corrected chi connectivity index (χ3v) is 16.7. The van der Waals surface area contributed by atoms with Gasteiger partial charge in [-0.15, -0.1) is 0 Å². The molecule has 0 radical (unpaired) electrons. The standard InChI is InChI=1S/C44H64N2O3/c1-29(47)31-10-12-33(13-11-31)34-16-21-41(5)37(40(34,3)4)17-22-43(7)38(41)15-14-35-36-9-8-20-44(36,24-23-42(35,43)6)28-45-27-39(49)46-25-18-32(19-26-46)30(2)48/h10-13,16,32,35-38,45,47-48H,1-2,8-9,14-15,17-28H2,3-7H3/t35?,36?,37?,38?,41?,42-,43?,44?/m1/s1. The van der Waals surface area contributed by atoms with Crippen molar-refractivity contribution in [2.45, 2.75) is 112 Å². The van der Waals surface area contributed by atoms with E-state index in [1.165, 1.54) is 68.9 Å². The molecule has 7 rings (SSSR count). The summed E-state index contributed by atoms with van der Waals surface area (Å²) in [6, 6.07) is 8.40. The summed E-state index contributed by atoms with van der Waals surface area (Å²) in [6.07, 6.45) is 17.3. The predicted molar refractivity (Wildman–Crippen MR) is 201 cm³/mol. The van der Waals surface area contributed by atoms with Crippen LogP contribution in [0.4, 0.5) is 0 Å². The number of nitrogens with one attached hydrogen (secondary N) is 1. The normalized spacial score (nSPS) is 39.9. The summed E-state index contributed by atoms with van der Waals surface area (Å²) < 4.78 is 0. The SMILES string of the molecule is C=C(O)c1ccc(C2=CCC3(C)C(CCC4(C)C3CCC3C5CCCC5(CNCC(=O)N5CCC(C(=C)O)CC5)CC[C@]34C)C2(C)C)cc1. The lowest BCUT2D eigenvalue weighted by atomic mass is 9.32. The highest BCUT2D eigenvalue weighted by Crippen LogP contribution is 2.77. The molecule has 1 amide bonds. The Labute approximate surface area is 296 Å². The van der Waals surface area contributed by atoms with E-state index in [1.807, 2.05) is 17.0 Å². The third kappa shape index (κ3) is 5.37. The Hall–Kier alpha value is -2.53. The summed E-state index contributed by atoms with van der Waals surface area (Å²) in [5.74, 6) is 3.67. The van der Waals surface area contributed by atoms with Crippen molar-refractivity contribution in [3.63, 3.8) is 0 Å². The fourth-order valence-corrected chi connectivity index (χ4v) is 13.9. The minimum atomic E-state index is 0.0867. The molecular formula is C44H64N2O3. The Kier molecular flexibility index (Phi) is 8.77. The lowest BCUT2D eigenvalue weighted by Crippen LogP contribution is -2.65. The molecule has 5 nitrogen and oxygen atoms in total. The van der Waals surface area contributed by atoms with Gasteiger partial charge in [0.1, 0.15) is 5.76 Å². The summed E-state index contributed by atoms with van der Waals surface area (Å²) >= 11 is 0. The first-order valence-corrected chi connectivity index (χ1v) is 19.7. The summed E-state index contributed by atoms with van der Waals surface area (Å²) in [5.41, 5.74) is 4.98. The Balaban J connectivity index is 1.06. The lowest BCUT2D eigenvalue weighted by molar-refractivity contribution is -0.222. The van der Waals surface area contributed by atoms with Gasteiger partial charge in [0.25, 0.3) is 0 Å². The number of benzene rings is 1. The Bertz CT molecular complexity index is 1500. The fourth-order valence-electron chi connectivity index (χ4n) is 13.9. The molecule has 5 heteroatoms. The molecule has 268 valence electrons. The lowest BCUT2D eigenvalue weighted by Gasteiger charge is -2.72. The van der Waals surface area contributed by atoms with Crippen molar-refractivity contribution in [2.24, 2.45) is 56.7 Å². The topological polar surface area (TPSA) is 72.8 Å². The first kappa shape index (κ1) is 34.9. The summed E-state index contributed by atoms with van der Waals surface area (Å²) in [6.45, 7) is 23.4. The van der Waals surface area contributed by atoms with E-state index in [-0.39, 0.29) is 28.8 Å². The van der Waals surface area contributed by atoms with E-state index in [0.717, 1.165) is 62.2 Å². The van der Waals surface area contributed by atoms with Crippen LogP contribution in [-0.2, 0) is 4.79 Å². The van der Waals surface area contributed by atoms with Crippen molar-refractivity contribution in [3.05, 3.63) is 60.4 Å². The molecule has 3 N–H and O–H groups in total. The second-order valence-corrected chi connectivity index (χ2v) is 18.8. The van der Waals surface area contributed by atoms with Crippen LogP contribution in [0.2, 0.25) is 0 Å². The van der Waals surface area contributed by atoms with Gasteiger partial charge in [-0.2, -0.15) is 0 Å². The molecule has 4 saturated carbocycles. The van der Waals surface area contributed by atoms with Crippen molar-refractivity contribution in [3.8, 4) is 0 Å². The van der Waals surface area contributed by atoms with Gasteiger partial charge >= 0.3 is 0 Å². The maximum atomic E-state index is 13.2. The van der Waals surface area contributed by atoms with Crippen LogP contribution in [0.25, 0.3) is 11.3 Å². The van der Waals surface area contributed by atoms with E-state index < -0.39 is 0 Å². The molecule has 1 aromatic rings. The average Bonchev–Trinajstić information content (AvgIpc) is 3.49. The molecule has 1 aromatic carbocycles. The number of fused-ring (bicyclic) bond motifs is 7. The van der Waals surface area contributed by atoms with Gasteiger partial charge in [-0.1, -0.05) is 84.5 Å². The molecule has 0 spiro atoms. The zero-order valence-corrected chi connectivity index (χ0v) is 31.3. The molecule has 1 saturated heterocycles. The number of aliphatic hydroxyl groups excluding tert-OH is 2. The number of carbonyl (C=O) groups is 1. The van der Waals surface area contributed by atoms with Crippen molar-refractivity contribution in [1.29, 1.82) is 0 Å². The molecule has 0 aromatic heterocycles. The molecule has 7 unspecified atom stereocenters. The predicted octanol–water partition coefficient (Wildman–Crippen LogP) is 9.96. The smallest absolute Gasteiger partial charge is 0.236 e. The number of hydrogen-bond acceptors (Lipinski definition) is 4. The molecular weight excluding hydrogens is 604 g/mol. The summed E-state index contributed by atoms with van der Waals surface area (Å²) in [5, 5.41) is 23.4. The summed E-state index contributed by atoms with van der Waals surface area (Å²) in [4.78, 5) is 15.2. The van der Waals surface area contributed by atoms with Gasteiger partial charge in [0, 0.05) is 31.1 Å².